The van der Waals surface area contributed by atoms with Crippen molar-refractivity contribution in [1.82, 2.24) is 4.98 Å². The van der Waals surface area contributed by atoms with E-state index >= 15 is 0 Å². The highest BCUT2D eigenvalue weighted by Gasteiger charge is 2.06. The molecule has 0 saturated heterocycles. The van der Waals surface area contributed by atoms with Crippen molar-refractivity contribution >= 4 is 0 Å². The summed E-state index contributed by atoms with van der Waals surface area (Å²) in [5.74, 6) is -0.111. The van der Waals surface area contributed by atoms with Crippen LogP contribution in [-0.2, 0) is 6.42 Å². The van der Waals surface area contributed by atoms with Crippen LogP contribution in [-0.4, -0.2) is 4.98 Å². The van der Waals surface area contributed by atoms with E-state index in [4.69, 9.17) is 0 Å². The third-order valence-corrected chi connectivity index (χ3v) is 3.03. The van der Waals surface area contributed by atoms with Crippen molar-refractivity contribution in [2.45, 2.75) is 33.1 Å². The predicted molar refractivity (Wildman–Crippen MR) is 73.0 cm³/mol. The SMILES string of the molecule is CCCCc1cc(-c2cccc(C)n2)ccc1F. The molecule has 0 fully saturated rings. The molecule has 1 heterocycles. The molecule has 94 valence electrons. The van der Waals surface area contributed by atoms with Crippen LogP contribution in [0.15, 0.2) is 36.4 Å². The number of aromatic nitrogens is 1. The van der Waals surface area contributed by atoms with E-state index in [0.29, 0.717) is 0 Å². The minimum absolute atomic E-state index is 0.111. The highest BCUT2D eigenvalue weighted by Crippen LogP contribution is 2.21. The molecule has 1 aromatic carbocycles. The van der Waals surface area contributed by atoms with Crippen molar-refractivity contribution in [2.75, 3.05) is 0 Å². The minimum atomic E-state index is -0.111. The molecule has 0 aliphatic carbocycles. The summed E-state index contributed by atoms with van der Waals surface area (Å²) < 4.78 is 13.7. The van der Waals surface area contributed by atoms with E-state index in [9.17, 15) is 4.39 Å². The van der Waals surface area contributed by atoms with Crippen molar-refractivity contribution in [2.24, 2.45) is 0 Å². The summed E-state index contributed by atoms with van der Waals surface area (Å²) in [7, 11) is 0. The Morgan fingerprint density at radius 2 is 2.00 bits per heavy atom. The number of halogens is 1. The Balaban J connectivity index is 2.34. The van der Waals surface area contributed by atoms with E-state index in [1.807, 2.05) is 31.2 Å². The van der Waals surface area contributed by atoms with E-state index < -0.39 is 0 Å². The molecule has 0 aliphatic rings. The number of rotatable bonds is 4. The van der Waals surface area contributed by atoms with Gasteiger partial charge in [0.1, 0.15) is 5.82 Å². The van der Waals surface area contributed by atoms with Crippen molar-refractivity contribution in [1.29, 1.82) is 0 Å². The monoisotopic (exact) mass is 243 g/mol. The van der Waals surface area contributed by atoms with Crippen LogP contribution >= 0.6 is 0 Å². The second-order valence-corrected chi connectivity index (χ2v) is 4.57. The van der Waals surface area contributed by atoms with Gasteiger partial charge in [0.05, 0.1) is 5.69 Å². The molecule has 1 aromatic heterocycles. The summed E-state index contributed by atoms with van der Waals surface area (Å²) in [4.78, 5) is 4.47. The van der Waals surface area contributed by atoms with E-state index in [-0.39, 0.29) is 5.82 Å². The fourth-order valence-corrected chi connectivity index (χ4v) is 2.00. The predicted octanol–water partition coefficient (Wildman–Crippen LogP) is 4.54. The second-order valence-electron chi connectivity index (χ2n) is 4.57. The third-order valence-electron chi connectivity index (χ3n) is 3.03. The summed E-state index contributed by atoms with van der Waals surface area (Å²) in [5, 5.41) is 0. The lowest BCUT2D eigenvalue weighted by atomic mass is 10.0. The van der Waals surface area contributed by atoms with Crippen LogP contribution in [0.1, 0.15) is 31.0 Å². The average molecular weight is 243 g/mol. The highest BCUT2D eigenvalue weighted by atomic mass is 19.1. The van der Waals surface area contributed by atoms with E-state index in [2.05, 4.69) is 11.9 Å². The normalized spacial score (nSPS) is 10.6. The molecule has 18 heavy (non-hydrogen) atoms. The van der Waals surface area contributed by atoms with E-state index in [1.54, 1.807) is 12.1 Å². The maximum absolute atomic E-state index is 13.7. The molecular weight excluding hydrogens is 225 g/mol. The smallest absolute Gasteiger partial charge is 0.126 e. The summed E-state index contributed by atoms with van der Waals surface area (Å²) in [6.45, 7) is 4.08. The molecule has 0 radical (unpaired) electrons. The zero-order chi connectivity index (χ0) is 13.0. The van der Waals surface area contributed by atoms with Gasteiger partial charge >= 0.3 is 0 Å². The molecule has 1 nitrogen and oxygen atoms in total. The zero-order valence-corrected chi connectivity index (χ0v) is 10.9. The summed E-state index contributed by atoms with van der Waals surface area (Å²) in [6, 6.07) is 11.2. The first-order chi connectivity index (χ1) is 8.70. The molecule has 0 bridgehead atoms. The molecule has 0 N–H and O–H groups in total. The minimum Gasteiger partial charge on any atom is -0.253 e. The number of benzene rings is 1. The fraction of sp³-hybridized carbons (Fsp3) is 0.312. The largest absolute Gasteiger partial charge is 0.253 e. The van der Waals surface area contributed by atoms with Gasteiger partial charge in [-0.25, -0.2) is 4.39 Å². The van der Waals surface area contributed by atoms with Crippen molar-refractivity contribution in [3.05, 3.63) is 53.5 Å². The van der Waals surface area contributed by atoms with Crippen LogP contribution < -0.4 is 0 Å². The first kappa shape index (κ1) is 12.7. The summed E-state index contributed by atoms with van der Waals surface area (Å²) >= 11 is 0. The Hall–Kier alpha value is -1.70. The lowest BCUT2D eigenvalue weighted by molar-refractivity contribution is 0.603. The molecule has 2 rings (SSSR count). The molecule has 0 amide bonds. The number of pyridine rings is 1. The molecule has 0 aliphatic heterocycles. The Morgan fingerprint density at radius 3 is 2.72 bits per heavy atom. The molecule has 0 unspecified atom stereocenters. The van der Waals surface area contributed by atoms with Gasteiger partial charge in [-0.1, -0.05) is 19.4 Å². The van der Waals surface area contributed by atoms with Gasteiger partial charge in [0.15, 0.2) is 0 Å². The second kappa shape index (κ2) is 5.76. The Kier molecular flexibility index (Phi) is 4.08. The van der Waals surface area contributed by atoms with Crippen LogP contribution in [0.3, 0.4) is 0 Å². The first-order valence-corrected chi connectivity index (χ1v) is 6.43. The van der Waals surface area contributed by atoms with Gasteiger partial charge in [0.2, 0.25) is 0 Å². The number of unbranched alkanes of at least 4 members (excludes halogenated alkanes) is 1. The number of aryl methyl sites for hydroxylation is 2. The first-order valence-electron chi connectivity index (χ1n) is 6.43. The Labute approximate surface area is 108 Å². The van der Waals surface area contributed by atoms with Crippen LogP contribution in [0.2, 0.25) is 0 Å². The molecule has 0 spiro atoms. The zero-order valence-electron chi connectivity index (χ0n) is 10.9. The summed E-state index contributed by atoms with van der Waals surface area (Å²) in [6.07, 6.45) is 2.88. The van der Waals surface area contributed by atoms with Gasteiger partial charge in [-0.05, 0) is 55.7 Å². The van der Waals surface area contributed by atoms with Crippen molar-refractivity contribution in [3.8, 4) is 11.3 Å². The average Bonchev–Trinajstić information content (AvgIpc) is 2.38. The maximum Gasteiger partial charge on any atom is 0.126 e. The van der Waals surface area contributed by atoms with Crippen molar-refractivity contribution in [3.63, 3.8) is 0 Å². The quantitative estimate of drug-likeness (QED) is 0.768. The van der Waals surface area contributed by atoms with E-state index in [1.165, 1.54) is 0 Å². The third kappa shape index (κ3) is 2.95. The van der Waals surface area contributed by atoms with Gasteiger partial charge in [0, 0.05) is 11.3 Å². The topological polar surface area (TPSA) is 12.9 Å². The van der Waals surface area contributed by atoms with Crippen molar-refractivity contribution < 1.29 is 4.39 Å². The van der Waals surface area contributed by atoms with Gasteiger partial charge < -0.3 is 0 Å². The molecule has 0 atom stereocenters. The van der Waals surface area contributed by atoms with Crippen LogP contribution in [0.5, 0.6) is 0 Å². The number of hydrogen-bond acceptors (Lipinski definition) is 1. The van der Waals surface area contributed by atoms with Gasteiger partial charge in [-0.2, -0.15) is 0 Å². The molecule has 2 aromatic rings. The number of nitrogens with zero attached hydrogens (tertiary/aromatic N) is 1. The van der Waals surface area contributed by atoms with Crippen LogP contribution in [0.25, 0.3) is 11.3 Å². The van der Waals surface area contributed by atoms with Crippen LogP contribution in [0, 0.1) is 12.7 Å². The lowest BCUT2D eigenvalue weighted by Gasteiger charge is -2.07. The van der Waals surface area contributed by atoms with Gasteiger partial charge in [0.25, 0.3) is 0 Å². The van der Waals surface area contributed by atoms with Gasteiger partial charge in [-0.15, -0.1) is 0 Å². The fourth-order valence-electron chi connectivity index (χ4n) is 2.00. The number of hydrogen-bond donors (Lipinski definition) is 0. The highest BCUT2D eigenvalue weighted by molar-refractivity contribution is 5.60. The molecular formula is C16H18FN. The standard InChI is InChI=1S/C16H18FN/c1-3-4-7-13-11-14(9-10-15(13)17)16-8-5-6-12(2)18-16/h5-6,8-11H,3-4,7H2,1-2H3. The van der Waals surface area contributed by atoms with Gasteiger partial charge in [-0.3, -0.25) is 4.98 Å². The van der Waals surface area contributed by atoms with Crippen LogP contribution in [0.4, 0.5) is 4.39 Å². The van der Waals surface area contributed by atoms with E-state index in [0.717, 1.165) is 41.8 Å². The molecule has 2 heteroatoms. The maximum atomic E-state index is 13.7. The summed E-state index contributed by atoms with van der Waals surface area (Å²) in [5.41, 5.74) is 3.67. The lowest BCUT2D eigenvalue weighted by Crippen LogP contribution is -1.93. The Morgan fingerprint density at radius 1 is 1.17 bits per heavy atom. The Bertz CT molecular complexity index is 534. The molecule has 0 saturated carbocycles.